The van der Waals surface area contributed by atoms with Crippen LogP contribution in [0.15, 0.2) is 65.1 Å². The van der Waals surface area contributed by atoms with Crippen molar-refractivity contribution < 1.29 is 23.5 Å². The standard InChI is InChI=1S/C26H28N4O5/c31-25(33-17-19-9-3-1-4-10-19)29-15-7-13-21(29)23-27-28-24(35-23)22-14-8-16-30(22)26(32)34-18-20-11-5-2-6-12-20/h1-6,9-12,21-22H,7-8,13-18H2/t21-,22-/m0/s1. The van der Waals surface area contributed by atoms with E-state index >= 15 is 0 Å². The van der Waals surface area contributed by atoms with Crippen molar-refractivity contribution in [3.8, 4) is 0 Å². The van der Waals surface area contributed by atoms with Crippen LogP contribution in [0.1, 0.15) is 60.7 Å². The Bertz CT molecular complexity index is 1050. The molecule has 2 aliphatic heterocycles. The van der Waals surface area contributed by atoms with Crippen molar-refractivity contribution in [2.45, 2.75) is 51.0 Å². The molecule has 0 N–H and O–H groups in total. The van der Waals surface area contributed by atoms with E-state index in [0.29, 0.717) is 24.9 Å². The van der Waals surface area contributed by atoms with Crippen LogP contribution >= 0.6 is 0 Å². The smallest absolute Gasteiger partial charge is 0.410 e. The third-order valence-corrected chi connectivity index (χ3v) is 6.41. The van der Waals surface area contributed by atoms with Gasteiger partial charge in [0.05, 0.1) is 0 Å². The van der Waals surface area contributed by atoms with E-state index < -0.39 is 12.2 Å². The number of hydrogen-bond acceptors (Lipinski definition) is 7. The van der Waals surface area contributed by atoms with E-state index in [9.17, 15) is 9.59 Å². The monoisotopic (exact) mass is 476 g/mol. The Hall–Kier alpha value is -3.88. The van der Waals surface area contributed by atoms with Crippen molar-refractivity contribution in [2.75, 3.05) is 13.1 Å². The summed E-state index contributed by atoms with van der Waals surface area (Å²) in [5.74, 6) is 0.748. The van der Waals surface area contributed by atoms with Crippen molar-refractivity contribution in [1.82, 2.24) is 20.0 Å². The Morgan fingerprint density at radius 1 is 0.743 bits per heavy atom. The summed E-state index contributed by atoms with van der Waals surface area (Å²) in [5, 5.41) is 8.47. The second kappa shape index (κ2) is 10.6. The molecule has 0 aliphatic carbocycles. The zero-order chi connectivity index (χ0) is 24.0. The second-order valence-electron chi connectivity index (χ2n) is 8.76. The van der Waals surface area contributed by atoms with E-state index in [-0.39, 0.29) is 25.3 Å². The van der Waals surface area contributed by atoms with Gasteiger partial charge in [0.25, 0.3) is 0 Å². The summed E-state index contributed by atoms with van der Waals surface area (Å²) in [6.07, 6.45) is 2.28. The number of amides is 2. The summed E-state index contributed by atoms with van der Waals surface area (Å²) in [4.78, 5) is 28.8. The van der Waals surface area contributed by atoms with E-state index in [0.717, 1.165) is 36.8 Å². The maximum atomic E-state index is 12.7. The zero-order valence-electron chi connectivity index (χ0n) is 19.4. The Labute approximate surface area is 203 Å². The summed E-state index contributed by atoms with van der Waals surface area (Å²) in [7, 11) is 0. The molecule has 0 bridgehead atoms. The Balaban J connectivity index is 1.21. The average Bonchev–Trinajstić information content (AvgIpc) is 3.67. The first kappa shape index (κ1) is 22.9. The van der Waals surface area contributed by atoms with Gasteiger partial charge in [-0.3, -0.25) is 9.80 Å². The van der Waals surface area contributed by atoms with Gasteiger partial charge < -0.3 is 13.9 Å². The van der Waals surface area contributed by atoms with E-state index in [4.69, 9.17) is 13.9 Å². The normalized spacial score (nSPS) is 19.7. The summed E-state index contributed by atoms with van der Waals surface area (Å²) in [6.45, 7) is 1.55. The predicted octanol–water partition coefficient (Wildman–Crippen LogP) is 5.02. The topological polar surface area (TPSA) is 98.0 Å². The molecule has 9 nitrogen and oxygen atoms in total. The van der Waals surface area contributed by atoms with Crippen molar-refractivity contribution in [3.05, 3.63) is 83.6 Å². The fourth-order valence-electron chi connectivity index (χ4n) is 4.60. The van der Waals surface area contributed by atoms with Gasteiger partial charge in [-0.1, -0.05) is 60.7 Å². The predicted molar refractivity (Wildman–Crippen MR) is 125 cm³/mol. The van der Waals surface area contributed by atoms with Crippen molar-refractivity contribution in [3.63, 3.8) is 0 Å². The SMILES string of the molecule is O=C(OCc1ccccc1)N1CCC[C@H]1c1nnc([C@@H]2CCCN2C(=O)OCc2ccccc2)o1. The van der Waals surface area contributed by atoms with Gasteiger partial charge in [0.15, 0.2) is 0 Å². The summed E-state index contributed by atoms with van der Waals surface area (Å²) in [5.41, 5.74) is 1.86. The minimum atomic E-state index is -0.400. The number of hydrogen-bond donors (Lipinski definition) is 0. The van der Waals surface area contributed by atoms with Gasteiger partial charge in [-0.15, -0.1) is 10.2 Å². The van der Waals surface area contributed by atoms with Crippen LogP contribution < -0.4 is 0 Å². The molecule has 2 fully saturated rings. The lowest BCUT2D eigenvalue weighted by molar-refractivity contribution is 0.0838. The molecule has 3 aromatic rings. The van der Waals surface area contributed by atoms with Gasteiger partial charge in [-0.05, 0) is 36.8 Å². The molecule has 0 radical (unpaired) electrons. The van der Waals surface area contributed by atoms with E-state index in [1.54, 1.807) is 9.80 Å². The quantitative estimate of drug-likeness (QED) is 0.493. The lowest BCUT2D eigenvalue weighted by Gasteiger charge is -2.22. The number of nitrogens with zero attached hydrogens (tertiary/aromatic N) is 4. The Morgan fingerprint density at radius 2 is 1.17 bits per heavy atom. The minimum absolute atomic E-state index is 0.208. The molecule has 0 unspecified atom stereocenters. The fourth-order valence-corrected chi connectivity index (χ4v) is 4.60. The zero-order valence-corrected chi connectivity index (χ0v) is 19.4. The van der Waals surface area contributed by atoms with Crippen LogP contribution in [0.5, 0.6) is 0 Å². The highest BCUT2D eigenvalue weighted by Crippen LogP contribution is 2.36. The molecule has 2 atom stereocenters. The van der Waals surface area contributed by atoms with Crippen LogP contribution in [0.3, 0.4) is 0 Å². The van der Waals surface area contributed by atoms with E-state index in [1.165, 1.54) is 0 Å². The Morgan fingerprint density at radius 3 is 1.60 bits per heavy atom. The first-order valence-corrected chi connectivity index (χ1v) is 12.0. The number of ether oxygens (including phenoxy) is 2. The van der Waals surface area contributed by atoms with Crippen molar-refractivity contribution >= 4 is 12.2 Å². The molecular formula is C26H28N4O5. The number of aromatic nitrogens is 2. The number of rotatable bonds is 6. The first-order chi connectivity index (χ1) is 17.2. The summed E-state index contributed by atoms with van der Waals surface area (Å²) < 4.78 is 17.0. The summed E-state index contributed by atoms with van der Waals surface area (Å²) in [6, 6.07) is 18.5. The highest BCUT2D eigenvalue weighted by atomic mass is 16.6. The van der Waals surface area contributed by atoms with Gasteiger partial charge in [-0.2, -0.15) is 0 Å². The van der Waals surface area contributed by atoms with Gasteiger partial charge in [0.1, 0.15) is 25.3 Å². The largest absolute Gasteiger partial charge is 0.445 e. The number of benzene rings is 2. The second-order valence-corrected chi connectivity index (χ2v) is 8.76. The van der Waals surface area contributed by atoms with Gasteiger partial charge >= 0.3 is 12.2 Å². The molecule has 9 heteroatoms. The molecular weight excluding hydrogens is 448 g/mol. The third kappa shape index (κ3) is 5.29. The molecule has 2 aliphatic rings. The molecule has 2 aromatic carbocycles. The molecule has 2 amide bonds. The molecule has 5 rings (SSSR count). The average molecular weight is 477 g/mol. The van der Waals surface area contributed by atoms with Gasteiger partial charge in [0, 0.05) is 13.1 Å². The van der Waals surface area contributed by atoms with Crippen LogP contribution in [-0.4, -0.2) is 45.3 Å². The van der Waals surface area contributed by atoms with Crippen LogP contribution in [0.2, 0.25) is 0 Å². The lowest BCUT2D eigenvalue weighted by Crippen LogP contribution is -2.31. The third-order valence-electron chi connectivity index (χ3n) is 6.41. The molecule has 182 valence electrons. The molecule has 0 spiro atoms. The van der Waals surface area contributed by atoms with Gasteiger partial charge in [0.2, 0.25) is 11.8 Å². The maximum absolute atomic E-state index is 12.7. The van der Waals surface area contributed by atoms with Gasteiger partial charge in [-0.25, -0.2) is 9.59 Å². The Kier molecular flexibility index (Phi) is 6.92. The van der Waals surface area contributed by atoms with E-state index in [1.807, 2.05) is 60.7 Å². The lowest BCUT2D eigenvalue weighted by atomic mass is 10.2. The van der Waals surface area contributed by atoms with E-state index in [2.05, 4.69) is 10.2 Å². The highest BCUT2D eigenvalue weighted by Gasteiger charge is 2.38. The van der Waals surface area contributed by atoms with Crippen LogP contribution in [0, 0.1) is 0 Å². The number of carbonyl (C=O) groups is 2. The minimum Gasteiger partial charge on any atom is -0.445 e. The van der Waals surface area contributed by atoms with Crippen LogP contribution in [0.25, 0.3) is 0 Å². The highest BCUT2D eigenvalue weighted by molar-refractivity contribution is 5.69. The molecule has 35 heavy (non-hydrogen) atoms. The van der Waals surface area contributed by atoms with Crippen molar-refractivity contribution in [2.24, 2.45) is 0 Å². The molecule has 2 saturated heterocycles. The molecule has 0 saturated carbocycles. The first-order valence-electron chi connectivity index (χ1n) is 12.0. The number of carbonyl (C=O) groups excluding carboxylic acids is 2. The fraction of sp³-hybridized carbons (Fsp3) is 0.385. The molecule has 3 heterocycles. The van der Waals surface area contributed by atoms with Crippen LogP contribution in [-0.2, 0) is 22.7 Å². The van der Waals surface area contributed by atoms with Crippen molar-refractivity contribution in [1.29, 1.82) is 0 Å². The van der Waals surface area contributed by atoms with Crippen LogP contribution in [0.4, 0.5) is 9.59 Å². The number of likely N-dealkylation sites (tertiary alicyclic amines) is 2. The molecule has 1 aromatic heterocycles. The summed E-state index contributed by atoms with van der Waals surface area (Å²) >= 11 is 0. The maximum Gasteiger partial charge on any atom is 0.410 e.